The van der Waals surface area contributed by atoms with Gasteiger partial charge in [-0.15, -0.1) is 0 Å². The maximum atomic E-state index is 13.4. The highest BCUT2D eigenvalue weighted by molar-refractivity contribution is 6.08. The largest absolute Gasteiger partial charge is 0.360 e. The molecule has 0 bridgehead atoms. The van der Waals surface area contributed by atoms with Gasteiger partial charge >= 0.3 is 0 Å². The summed E-state index contributed by atoms with van der Waals surface area (Å²) in [5, 5.41) is 0.962. The minimum absolute atomic E-state index is 0.107. The molecule has 1 aliphatic carbocycles. The topological polar surface area (TPSA) is 36.1 Å². The Morgan fingerprint density at radius 3 is 2.79 bits per heavy atom. The Morgan fingerprint density at radius 1 is 1.17 bits per heavy atom. The third-order valence-electron chi connectivity index (χ3n) is 4.57. The number of benzene rings is 2. The molecule has 0 atom stereocenters. The van der Waals surface area contributed by atoms with E-state index in [1.165, 1.54) is 6.07 Å². The number of hydrogen-bond donors (Lipinski definition) is 1. The molecule has 1 fully saturated rings. The smallest absolute Gasteiger partial charge is 0.178 e. The van der Waals surface area contributed by atoms with E-state index in [1.54, 1.807) is 18.3 Å². The van der Waals surface area contributed by atoms with Gasteiger partial charge in [0, 0.05) is 35.2 Å². The minimum atomic E-state index is -0.230. The molecule has 2 aromatic carbocycles. The molecule has 0 saturated heterocycles. The average Bonchev–Trinajstić information content (AvgIpc) is 3.33. The molecule has 3 nitrogen and oxygen atoms in total. The fourth-order valence-electron chi connectivity index (χ4n) is 3.20. The number of carbonyl (C=O) groups excluding carboxylic acids is 1. The van der Waals surface area contributed by atoms with Crippen LogP contribution in [-0.2, 0) is 6.54 Å². The van der Waals surface area contributed by atoms with Crippen molar-refractivity contribution in [3.05, 3.63) is 71.7 Å². The molecule has 24 heavy (non-hydrogen) atoms. The van der Waals surface area contributed by atoms with E-state index in [1.807, 2.05) is 30.3 Å². The first-order valence-electron chi connectivity index (χ1n) is 8.28. The van der Waals surface area contributed by atoms with Crippen molar-refractivity contribution in [2.45, 2.75) is 25.4 Å². The van der Waals surface area contributed by atoms with Crippen molar-refractivity contribution < 1.29 is 9.18 Å². The van der Waals surface area contributed by atoms with E-state index >= 15 is 0 Å². The Hall–Kier alpha value is -2.46. The molecular weight excluding hydrogens is 303 g/mol. The van der Waals surface area contributed by atoms with E-state index in [-0.39, 0.29) is 11.6 Å². The Labute approximate surface area is 140 Å². The molecule has 0 spiro atoms. The number of carbonyl (C=O) groups is 1. The highest BCUT2D eigenvalue weighted by Crippen LogP contribution is 2.29. The van der Waals surface area contributed by atoms with Gasteiger partial charge < -0.3 is 4.98 Å². The van der Waals surface area contributed by atoms with Gasteiger partial charge in [-0.05, 0) is 36.6 Å². The summed E-state index contributed by atoms with van der Waals surface area (Å²) in [5.41, 5.74) is 2.62. The van der Waals surface area contributed by atoms with Gasteiger partial charge in [0.2, 0.25) is 0 Å². The van der Waals surface area contributed by atoms with Crippen LogP contribution in [0.4, 0.5) is 4.39 Å². The highest BCUT2D eigenvalue weighted by Gasteiger charge is 2.31. The highest BCUT2D eigenvalue weighted by atomic mass is 19.1. The number of fused-ring (bicyclic) bond motifs is 1. The first-order valence-corrected chi connectivity index (χ1v) is 8.28. The average molecular weight is 322 g/mol. The zero-order chi connectivity index (χ0) is 16.5. The van der Waals surface area contributed by atoms with Crippen molar-refractivity contribution in [2.24, 2.45) is 0 Å². The van der Waals surface area contributed by atoms with Crippen LogP contribution in [0, 0.1) is 5.82 Å². The second kappa shape index (κ2) is 6.21. The number of nitrogens with one attached hydrogen (secondary N) is 1. The number of aromatic amines is 1. The van der Waals surface area contributed by atoms with Crippen molar-refractivity contribution in [3.8, 4) is 0 Å². The van der Waals surface area contributed by atoms with Gasteiger partial charge in [0.05, 0.1) is 6.54 Å². The SMILES string of the molecule is O=C(CN(Cc1cccc(F)c1)C1CC1)c1c[nH]c2ccccc12. The predicted octanol–water partition coefficient (Wildman–Crippen LogP) is 4.15. The second-order valence-electron chi connectivity index (χ2n) is 6.44. The molecule has 1 saturated carbocycles. The van der Waals surface area contributed by atoms with Crippen molar-refractivity contribution in [2.75, 3.05) is 6.54 Å². The van der Waals surface area contributed by atoms with Crippen LogP contribution >= 0.6 is 0 Å². The lowest BCUT2D eigenvalue weighted by Crippen LogP contribution is -2.31. The molecular formula is C20H19FN2O. The summed E-state index contributed by atoms with van der Waals surface area (Å²) in [5.74, 6) is -0.123. The van der Waals surface area contributed by atoms with E-state index < -0.39 is 0 Å². The van der Waals surface area contributed by atoms with Gasteiger partial charge in [-0.25, -0.2) is 4.39 Å². The molecule has 1 heterocycles. The molecule has 4 heteroatoms. The number of aromatic nitrogens is 1. The maximum Gasteiger partial charge on any atom is 0.178 e. The standard InChI is InChI=1S/C20H19FN2O/c21-15-5-3-4-14(10-15)12-23(16-8-9-16)13-20(24)18-11-22-19-7-2-1-6-17(18)19/h1-7,10-11,16,22H,8-9,12-13H2. The molecule has 0 amide bonds. The van der Waals surface area contributed by atoms with Crippen LogP contribution in [0.2, 0.25) is 0 Å². The summed E-state index contributed by atoms with van der Waals surface area (Å²) in [6, 6.07) is 14.9. The van der Waals surface area contributed by atoms with Crippen molar-refractivity contribution in [1.82, 2.24) is 9.88 Å². The molecule has 122 valence electrons. The molecule has 3 aromatic rings. The zero-order valence-corrected chi connectivity index (χ0v) is 13.3. The number of para-hydroxylation sites is 1. The van der Waals surface area contributed by atoms with Gasteiger partial charge in [-0.3, -0.25) is 9.69 Å². The number of nitrogens with zero attached hydrogens (tertiary/aromatic N) is 1. The van der Waals surface area contributed by atoms with Crippen LogP contribution in [0.5, 0.6) is 0 Å². The molecule has 0 radical (unpaired) electrons. The lowest BCUT2D eigenvalue weighted by Gasteiger charge is -2.21. The predicted molar refractivity (Wildman–Crippen MR) is 92.5 cm³/mol. The van der Waals surface area contributed by atoms with Crippen molar-refractivity contribution >= 4 is 16.7 Å². The van der Waals surface area contributed by atoms with Gasteiger partial charge in [0.25, 0.3) is 0 Å². The fraction of sp³-hybridized carbons (Fsp3) is 0.250. The molecule has 1 aromatic heterocycles. The summed E-state index contributed by atoms with van der Waals surface area (Å²) in [7, 11) is 0. The minimum Gasteiger partial charge on any atom is -0.360 e. The molecule has 4 rings (SSSR count). The molecule has 1 N–H and O–H groups in total. The summed E-state index contributed by atoms with van der Waals surface area (Å²) >= 11 is 0. The molecule has 1 aliphatic rings. The number of hydrogen-bond acceptors (Lipinski definition) is 2. The third kappa shape index (κ3) is 3.10. The van der Waals surface area contributed by atoms with E-state index in [0.717, 1.165) is 34.9 Å². The summed E-state index contributed by atoms with van der Waals surface area (Å²) < 4.78 is 13.4. The van der Waals surface area contributed by atoms with Gasteiger partial charge in [-0.1, -0.05) is 30.3 Å². The van der Waals surface area contributed by atoms with E-state index in [4.69, 9.17) is 0 Å². The maximum absolute atomic E-state index is 13.4. The van der Waals surface area contributed by atoms with Crippen molar-refractivity contribution in [3.63, 3.8) is 0 Å². The second-order valence-corrected chi connectivity index (χ2v) is 6.44. The summed E-state index contributed by atoms with van der Waals surface area (Å²) in [4.78, 5) is 18.1. The van der Waals surface area contributed by atoms with Gasteiger partial charge in [-0.2, -0.15) is 0 Å². The Kier molecular flexibility index (Phi) is 3.90. The Morgan fingerprint density at radius 2 is 2.00 bits per heavy atom. The summed E-state index contributed by atoms with van der Waals surface area (Å²) in [6.45, 7) is 0.972. The van der Waals surface area contributed by atoms with Gasteiger partial charge in [0.15, 0.2) is 5.78 Å². The molecule has 0 unspecified atom stereocenters. The monoisotopic (exact) mass is 322 g/mol. The van der Waals surface area contributed by atoms with Crippen LogP contribution in [0.1, 0.15) is 28.8 Å². The summed E-state index contributed by atoms with van der Waals surface area (Å²) in [6.07, 6.45) is 4.01. The normalized spacial score (nSPS) is 14.4. The van der Waals surface area contributed by atoms with Crippen LogP contribution in [-0.4, -0.2) is 28.3 Å². The van der Waals surface area contributed by atoms with Crippen LogP contribution in [0.15, 0.2) is 54.7 Å². The zero-order valence-electron chi connectivity index (χ0n) is 13.3. The fourth-order valence-corrected chi connectivity index (χ4v) is 3.20. The third-order valence-corrected chi connectivity index (χ3v) is 4.57. The number of rotatable bonds is 6. The van der Waals surface area contributed by atoms with E-state index in [0.29, 0.717) is 19.1 Å². The quantitative estimate of drug-likeness (QED) is 0.692. The number of H-pyrrole nitrogens is 1. The number of Topliss-reactive ketones (excluding diaryl/α,β-unsaturated/α-hetero) is 1. The van der Waals surface area contributed by atoms with Crippen LogP contribution in [0.3, 0.4) is 0 Å². The first-order chi connectivity index (χ1) is 11.7. The van der Waals surface area contributed by atoms with Crippen molar-refractivity contribution in [1.29, 1.82) is 0 Å². The van der Waals surface area contributed by atoms with E-state index in [9.17, 15) is 9.18 Å². The van der Waals surface area contributed by atoms with Crippen LogP contribution in [0.25, 0.3) is 10.9 Å². The lowest BCUT2D eigenvalue weighted by molar-refractivity contribution is 0.0921. The Bertz CT molecular complexity index is 882. The van der Waals surface area contributed by atoms with Gasteiger partial charge in [0.1, 0.15) is 5.82 Å². The number of ketones is 1. The van der Waals surface area contributed by atoms with E-state index in [2.05, 4.69) is 9.88 Å². The molecule has 0 aliphatic heterocycles. The Balaban J connectivity index is 1.54. The lowest BCUT2D eigenvalue weighted by atomic mass is 10.1. The first kappa shape index (κ1) is 15.1. The van der Waals surface area contributed by atoms with Crippen LogP contribution < -0.4 is 0 Å². The number of halogens is 1.